The summed E-state index contributed by atoms with van der Waals surface area (Å²) in [6, 6.07) is 11.3. The fourth-order valence-corrected chi connectivity index (χ4v) is 3.08. The van der Waals surface area contributed by atoms with Gasteiger partial charge in [-0.1, -0.05) is 36.4 Å². The first-order valence-corrected chi connectivity index (χ1v) is 9.04. The Hall–Kier alpha value is -2.35. The van der Waals surface area contributed by atoms with Crippen LogP contribution in [0.4, 0.5) is 26.3 Å². The third-order valence-corrected chi connectivity index (χ3v) is 4.78. The number of hydrogen-bond acceptors (Lipinski definition) is 2. The highest BCUT2D eigenvalue weighted by molar-refractivity contribution is 5.96. The topological polar surface area (TPSA) is 29.6 Å². The van der Waals surface area contributed by atoms with E-state index in [4.69, 9.17) is 4.74 Å². The molecule has 3 rings (SSSR count). The van der Waals surface area contributed by atoms with Crippen molar-refractivity contribution in [2.75, 3.05) is 0 Å². The number of carbonyl (C=O) groups is 1. The Morgan fingerprint density at radius 1 is 0.897 bits per heavy atom. The van der Waals surface area contributed by atoms with Gasteiger partial charge in [0.25, 0.3) is 0 Å². The molecule has 2 nitrogen and oxygen atoms in total. The van der Waals surface area contributed by atoms with Crippen LogP contribution in [0.1, 0.15) is 52.4 Å². The lowest BCUT2D eigenvalue weighted by Gasteiger charge is -2.07. The van der Waals surface area contributed by atoms with Crippen LogP contribution in [-0.4, -0.2) is 18.1 Å². The molecule has 1 heterocycles. The van der Waals surface area contributed by atoms with Gasteiger partial charge in [-0.2, -0.15) is 26.3 Å². The second kappa shape index (κ2) is 8.18. The molecule has 1 saturated heterocycles. The van der Waals surface area contributed by atoms with Crippen LogP contribution in [0.25, 0.3) is 0 Å². The number of ketones is 1. The summed E-state index contributed by atoms with van der Waals surface area (Å²) in [6.45, 7) is 0. The van der Waals surface area contributed by atoms with Gasteiger partial charge in [0.2, 0.25) is 0 Å². The first-order chi connectivity index (χ1) is 13.5. The molecule has 2 atom stereocenters. The maximum Gasteiger partial charge on any atom is 0.416 e. The van der Waals surface area contributed by atoms with E-state index in [0.29, 0.717) is 18.4 Å². The molecular formula is C21H18F6O2. The molecule has 1 fully saturated rings. The Labute approximate surface area is 163 Å². The average molecular weight is 416 g/mol. The molecule has 1 aliphatic rings. The molecule has 2 aromatic carbocycles. The Morgan fingerprint density at radius 3 is 2.07 bits per heavy atom. The zero-order valence-electron chi connectivity index (χ0n) is 15.2. The van der Waals surface area contributed by atoms with Crippen molar-refractivity contribution < 1.29 is 35.9 Å². The molecule has 0 N–H and O–H groups in total. The molecule has 0 amide bonds. The number of alkyl halides is 6. The van der Waals surface area contributed by atoms with Crippen molar-refractivity contribution in [1.82, 2.24) is 0 Å². The van der Waals surface area contributed by atoms with Crippen LogP contribution in [0.2, 0.25) is 0 Å². The SMILES string of the molecule is O=C(CCC(F)(F)F)c1ccc(CCC2OC2c2ccc(C(F)(F)F)cc2)cc1. The molecule has 1 aliphatic heterocycles. The minimum atomic E-state index is -4.37. The van der Waals surface area contributed by atoms with Crippen molar-refractivity contribution in [3.8, 4) is 0 Å². The number of Topliss-reactive ketones (excluding diaryl/α,β-unsaturated/α-hetero) is 1. The van der Waals surface area contributed by atoms with Gasteiger partial charge in [0, 0.05) is 12.0 Å². The number of aryl methyl sites for hydroxylation is 1. The van der Waals surface area contributed by atoms with E-state index in [-0.39, 0.29) is 17.8 Å². The summed E-state index contributed by atoms with van der Waals surface area (Å²) >= 11 is 0. The Morgan fingerprint density at radius 2 is 1.52 bits per heavy atom. The second-order valence-corrected chi connectivity index (χ2v) is 6.99. The Bertz CT molecular complexity index is 837. The van der Waals surface area contributed by atoms with Crippen LogP contribution in [-0.2, 0) is 17.3 Å². The highest BCUT2D eigenvalue weighted by atomic mass is 19.4. The molecule has 0 spiro atoms. The van der Waals surface area contributed by atoms with E-state index in [1.165, 1.54) is 24.3 Å². The van der Waals surface area contributed by atoms with Gasteiger partial charge in [-0.25, -0.2) is 0 Å². The Balaban J connectivity index is 1.47. The van der Waals surface area contributed by atoms with Crippen LogP contribution in [0.5, 0.6) is 0 Å². The van der Waals surface area contributed by atoms with Crippen molar-refractivity contribution in [3.05, 3.63) is 70.8 Å². The molecule has 0 aliphatic carbocycles. The summed E-state index contributed by atoms with van der Waals surface area (Å²) < 4.78 is 79.9. The lowest BCUT2D eigenvalue weighted by Crippen LogP contribution is -2.10. The largest absolute Gasteiger partial charge is 0.416 e. The standard InChI is InChI=1S/C21H18F6O2/c22-20(23,24)12-11-17(28)14-4-1-13(2-5-14)3-10-18-19(29-18)15-6-8-16(9-7-15)21(25,26)27/h1-2,4-9,18-19H,3,10-12H2. The van der Waals surface area contributed by atoms with Crippen LogP contribution < -0.4 is 0 Å². The van der Waals surface area contributed by atoms with Crippen molar-refractivity contribution >= 4 is 5.78 Å². The van der Waals surface area contributed by atoms with Gasteiger partial charge in [-0.15, -0.1) is 0 Å². The summed E-state index contributed by atoms with van der Waals surface area (Å²) in [5.74, 6) is -0.554. The molecule has 0 saturated carbocycles. The minimum absolute atomic E-state index is 0.0974. The molecule has 0 aromatic heterocycles. The molecule has 2 unspecified atom stereocenters. The maximum absolute atomic E-state index is 12.6. The highest BCUT2D eigenvalue weighted by Gasteiger charge is 2.40. The monoisotopic (exact) mass is 416 g/mol. The van der Waals surface area contributed by atoms with E-state index in [1.54, 1.807) is 12.1 Å². The van der Waals surface area contributed by atoms with Crippen molar-refractivity contribution in [2.24, 2.45) is 0 Å². The number of ether oxygens (including phenoxy) is 1. The van der Waals surface area contributed by atoms with Crippen molar-refractivity contribution in [2.45, 2.75) is 50.2 Å². The molecular weight excluding hydrogens is 398 g/mol. The molecule has 0 radical (unpaired) electrons. The second-order valence-electron chi connectivity index (χ2n) is 6.99. The van der Waals surface area contributed by atoms with Gasteiger partial charge in [0.1, 0.15) is 6.10 Å². The molecule has 0 bridgehead atoms. The number of epoxide rings is 1. The van der Waals surface area contributed by atoms with E-state index in [1.807, 2.05) is 0 Å². The molecule has 156 valence electrons. The highest BCUT2D eigenvalue weighted by Crippen LogP contribution is 2.42. The number of halogens is 6. The van der Waals surface area contributed by atoms with Gasteiger partial charge >= 0.3 is 12.4 Å². The number of carbonyl (C=O) groups excluding carboxylic acids is 1. The van der Waals surface area contributed by atoms with Crippen LogP contribution >= 0.6 is 0 Å². The summed E-state index contributed by atoms with van der Waals surface area (Å²) in [5.41, 5.74) is 1.12. The van der Waals surface area contributed by atoms with E-state index >= 15 is 0 Å². The van der Waals surface area contributed by atoms with E-state index in [9.17, 15) is 31.1 Å². The fraction of sp³-hybridized carbons (Fsp3) is 0.381. The predicted octanol–water partition coefficient (Wildman–Crippen LogP) is 6.30. The zero-order valence-corrected chi connectivity index (χ0v) is 15.2. The average Bonchev–Trinajstić information content (AvgIpc) is 3.43. The number of hydrogen-bond donors (Lipinski definition) is 0. The van der Waals surface area contributed by atoms with Crippen molar-refractivity contribution in [3.63, 3.8) is 0 Å². The minimum Gasteiger partial charge on any atom is -0.364 e. The smallest absolute Gasteiger partial charge is 0.364 e. The van der Waals surface area contributed by atoms with Gasteiger partial charge in [-0.05, 0) is 36.1 Å². The summed E-state index contributed by atoms with van der Waals surface area (Å²) in [6.07, 6.45) is -9.51. The van der Waals surface area contributed by atoms with Gasteiger partial charge < -0.3 is 4.74 Å². The van der Waals surface area contributed by atoms with E-state index in [2.05, 4.69) is 0 Å². The summed E-state index contributed by atoms with van der Waals surface area (Å²) in [7, 11) is 0. The van der Waals surface area contributed by atoms with Gasteiger partial charge in [-0.3, -0.25) is 4.79 Å². The first kappa shape index (κ1) is 21.4. The molecule has 2 aromatic rings. The third-order valence-electron chi connectivity index (χ3n) is 4.78. The molecule has 8 heteroatoms. The van der Waals surface area contributed by atoms with E-state index in [0.717, 1.165) is 17.7 Å². The summed E-state index contributed by atoms with van der Waals surface area (Å²) in [4.78, 5) is 11.8. The van der Waals surface area contributed by atoms with Gasteiger partial charge in [0.15, 0.2) is 5.78 Å². The lowest BCUT2D eigenvalue weighted by atomic mass is 10.0. The third kappa shape index (κ3) is 6.06. The van der Waals surface area contributed by atoms with Crippen LogP contribution in [0.3, 0.4) is 0 Å². The van der Waals surface area contributed by atoms with Crippen LogP contribution in [0.15, 0.2) is 48.5 Å². The zero-order chi connectivity index (χ0) is 21.2. The Kier molecular flexibility index (Phi) is 6.03. The van der Waals surface area contributed by atoms with Crippen LogP contribution in [0, 0.1) is 0 Å². The number of rotatable bonds is 7. The fourth-order valence-electron chi connectivity index (χ4n) is 3.08. The van der Waals surface area contributed by atoms with Gasteiger partial charge in [0.05, 0.1) is 18.1 Å². The maximum atomic E-state index is 12.6. The normalized spacial score (nSPS) is 19.2. The first-order valence-electron chi connectivity index (χ1n) is 9.04. The van der Waals surface area contributed by atoms with Crippen molar-refractivity contribution in [1.29, 1.82) is 0 Å². The molecule has 29 heavy (non-hydrogen) atoms. The van der Waals surface area contributed by atoms with E-state index < -0.39 is 36.5 Å². The lowest BCUT2D eigenvalue weighted by molar-refractivity contribution is -0.137. The summed E-state index contributed by atoms with van der Waals surface area (Å²) in [5, 5.41) is 0. The predicted molar refractivity (Wildman–Crippen MR) is 93.4 cm³/mol. The number of benzene rings is 2. The quantitative estimate of drug-likeness (QED) is 0.301.